The van der Waals surface area contributed by atoms with E-state index in [1.54, 1.807) is 13.3 Å². The zero-order chi connectivity index (χ0) is 13.2. The Morgan fingerprint density at radius 3 is 2.74 bits per heavy atom. The monoisotopic (exact) mass is 261 g/mol. The van der Waals surface area contributed by atoms with Crippen LogP contribution in [0.4, 0.5) is 5.69 Å². The largest absolute Gasteiger partial charge is 0.481 e. The van der Waals surface area contributed by atoms with E-state index < -0.39 is 0 Å². The molecule has 1 aromatic heterocycles. The molecule has 0 aromatic carbocycles. The molecule has 3 rings (SSSR count). The van der Waals surface area contributed by atoms with Crippen molar-refractivity contribution in [1.82, 2.24) is 10.3 Å². The molecule has 0 spiro atoms. The van der Waals surface area contributed by atoms with Gasteiger partial charge in [0.05, 0.1) is 24.9 Å². The van der Waals surface area contributed by atoms with Gasteiger partial charge in [0.1, 0.15) is 0 Å². The van der Waals surface area contributed by atoms with Crippen molar-refractivity contribution in [2.75, 3.05) is 31.6 Å². The van der Waals surface area contributed by atoms with Gasteiger partial charge in [-0.05, 0) is 24.8 Å². The molecule has 0 bridgehead atoms. The molecule has 102 valence electrons. The second-order valence-corrected chi connectivity index (χ2v) is 5.31. The van der Waals surface area contributed by atoms with Crippen molar-refractivity contribution in [3.8, 4) is 5.88 Å². The number of ether oxygens (including phenoxy) is 1. The third-order valence-corrected chi connectivity index (χ3v) is 3.78. The minimum atomic E-state index is 0.126. The van der Waals surface area contributed by atoms with Gasteiger partial charge in [-0.2, -0.15) is 0 Å². The lowest BCUT2D eigenvalue weighted by atomic mass is 10.0. The van der Waals surface area contributed by atoms with E-state index in [1.165, 1.54) is 12.8 Å². The normalized spacial score (nSPS) is 18.8. The predicted molar refractivity (Wildman–Crippen MR) is 72.2 cm³/mol. The first kappa shape index (κ1) is 12.4. The molecule has 19 heavy (non-hydrogen) atoms. The highest BCUT2D eigenvalue weighted by Gasteiger charge is 2.33. The highest BCUT2D eigenvalue weighted by atomic mass is 16.5. The Kier molecular flexibility index (Phi) is 3.38. The number of methoxy groups -OCH3 is 1. The summed E-state index contributed by atoms with van der Waals surface area (Å²) in [6.45, 7) is 2.41. The van der Waals surface area contributed by atoms with Crippen molar-refractivity contribution in [3.05, 3.63) is 18.3 Å². The van der Waals surface area contributed by atoms with E-state index in [-0.39, 0.29) is 11.8 Å². The van der Waals surface area contributed by atoms with E-state index in [0.29, 0.717) is 11.8 Å². The van der Waals surface area contributed by atoms with Crippen molar-refractivity contribution in [2.24, 2.45) is 11.8 Å². The molecule has 1 saturated carbocycles. The third-order valence-electron chi connectivity index (χ3n) is 3.78. The number of nitrogens with one attached hydrogen (secondary N) is 1. The Labute approximate surface area is 113 Å². The van der Waals surface area contributed by atoms with Crippen molar-refractivity contribution < 1.29 is 9.53 Å². The lowest BCUT2D eigenvalue weighted by molar-refractivity contribution is -0.123. The molecule has 0 unspecified atom stereocenters. The van der Waals surface area contributed by atoms with Gasteiger partial charge >= 0.3 is 0 Å². The molecule has 0 radical (unpaired) electrons. The highest BCUT2D eigenvalue weighted by Crippen LogP contribution is 2.32. The molecule has 5 heteroatoms. The summed E-state index contributed by atoms with van der Waals surface area (Å²) in [6, 6.07) is 3.72. The van der Waals surface area contributed by atoms with Gasteiger partial charge in [-0.3, -0.25) is 4.79 Å². The fourth-order valence-corrected chi connectivity index (χ4v) is 2.22. The zero-order valence-corrected chi connectivity index (χ0v) is 11.1. The first-order chi connectivity index (χ1) is 9.28. The molecular formula is C14H19N3O2. The van der Waals surface area contributed by atoms with Gasteiger partial charge in [0, 0.05) is 25.7 Å². The lowest BCUT2D eigenvalue weighted by Gasteiger charge is -2.32. The van der Waals surface area contributed by atoms with E-state index in [4.69, 9.17) is 4.74 Å². The van der Waals surface area contributed by atoms with E-state index in [2.05, 4.69) is 10.3 Å². The molecule has 1 amide bonds. The maximum absolute atomic E-state index is 12.5. The molecule has 1 aliphatic carbocycles. The van der Waals surface area contributed by atoms with Crippen molar-refractivity contribution >= 4 is 11.6 Å². The van der Waals surface area contributed by atoms with Crippen LogP contribution in [0.1, 0.15) is 12.8 Å². The number of hydrogen-bond donors (Lipinski definition) is 1. The molecule has 1 aliphatic heterocycles. The first-order valence-corrected chi connectivity index (χ1v) is 6.80. The van der Waals surface area contributed by atoms with Crippen molar-refractivity contribution in [2.45, 2.75) is 12.8 Å². The van der Waals surface area contributed by atoms with Gasteiger partial charge < -0.3 is 15.0 Å². The number of carbonyl (C=O) groups excluding carboxylic acids is 1. The Morgan fingerprint density at radius 2 is 2.26 bits per heavy atom. The van der Waals surface area contributed by atoms with Gasteiger partial charge in [-0.1, -0.05) is 0 Å². The summed E-state index contributed by atoms with van der Waals surface area (Å²) in [6.07, 6.45) is 4.19. The maximum Gasteiger partial charge on any atom is 0.232 e. The molecule has 1 saturated heterocycles. The van der Waals surface area contributed by atoms with Gasteiger partial charge in [-0.15, -0.1) is 0 Å². The number of rotatable bonds is 5. The summed E-state index contributed by atoms with van der Waals surface area (Å²) in [5.74, 6) is 1.59. The molecule has 0 atom stereocenters. The summed E-state index contributed by atoms with van der Waals surface area (Å²) in [5, 5.41) is 3.15. The SMILES string of the molecule is COc1ccc(N(CC2CC2)C(=O)C2CNC2)cn1. The Bertz CT molecular complexity index is 452. The number of pyridine rings is 1. The second kappa shape index (κ2) is 5.17. The quantitative estimate of drug-likeness (QED) is 0.861. The Balaban J connectivity index is 1.77. The molecule has 5 nitrogen and oxygen atoms in total. The topological polar surface area (TPSA) is 54.5 Å². The number of aromatic nitrogens is 1. The van der Waals surface area contributed by atoms with E-state index >= 15 is 0 Å². The maximum atomic E-state index is 12.5. The first-order valence-electron chi connectivity index (χ1n) is 6.80. The summed E-state index contributed by atoms with van der Waals surface area (Å²) < 4.78 is 5.06. The predicted octanol–water partition coefficient (Wildman–Crippen LogP) is 1.05. The second-order valence-electron chi connectivity index (χ2n) is 5.31. The molecular weight excluding hydrogens is 242 g/mol. The summed E-state index contributed by atoms with van der Waals surface area (Å²) in [4.78, 5) is 18.6. The number of carbonyl (C=O) groups is 1. The fraction of sp³-hybridized carbons (Fsp3) is 0.571. The molecule has 2 aliphatic rings. The summed E-state index contributed by atoms with van der Waals surface area (Å²) in [7, 11) is 1.59. The average Bonchev–Trinajstić information content (AvgIpc) is 3.18. The zero-order valence-electron chi connectivity index (χ0n) is 11.1. The number of anilines is 1. The lowest BCUT2D eigenvalue weighted by Crippen LogP contribution is -2.52. The van der Waals surface area contributed by atoms with Crippen LogP contribution in [-0.4, -0.2) is 37.6 Å². The van der Waals surface area contributed by atoms with Crippen LogP contribution < -0.4 is 15.0 Å². The van der Waals surface area contributed by atoms with E-state index in [9.17, 15) is 4.79 Å². The Morgan fingerprint density at radius 1 is 1.47 bits per heavy atom. The van der Waals surface area contributed by atoms with Crippen LogP contribution >= 0.6 is 0 Å². The number of hydrogen-bond acceptors (Lipinski definition) is 4. The molecule has 1 N–H and O–H groups in total. The van der Waals surface area contributed by atoms with Gasteiger partial charge in [0.2, 0.25) is 11.8 Å². The fourth-order valence-electron chi connectivity index (χ4n) is 2.22. The third kappa shape index (κ3) is 2.71. The van der Waals surface area contributed by atoms with Crippen LogP contribution in [0, 0.1) is 11.8 Å². The van der Waals surface area contributed by atoms with Gasteiger partial charge in [0.25, 0.3) is 0 Å². The van der Waals surface area contributed by atoms with Crippen LogP contribution in [0.5, 0.6) is 5.88 Å². The van der Waals surface area contributed by atoms with Crippen molar-refractivity contribution in [3.63, 3.8) is 0 Å². The molecule has 2 heterocycles. The minimum absolute atomic E-state index is 0.126. The average molecular weight is 261 g/mol. The van der Waals surface area contributed by atoms with Crippen LogP contribution in [0.2, 0.25) is 0 Å². The van der Waals surface area contributed by atoms with E-state index in [0.717, 1.165) is 25.3 Å². The van der Waals surface area contributed by atoms with Crippen molar-refractivity contribution in [1.29, 1.82) is 0 Å². The van der Waals surface area contributed by atoms with Crippen LogP contribution in [0.25, 0.3) is 0 Å². The van der Waals surface area contributed by atoms with Crippen LogP contribution in [0.3, 0.4) is 0 Å². The van der Waals surface area contributed by atoms with Crippen LogP contribution in [-0.2, 0) is 4.79 Å². The van der Waals surface area contributed by atoms with E-state index in [1.807, 2.05) is 17.0 Å². The number of nitrogens with zero attached hydrogens (tertiary/aromatic N) is 2. The van der Waals surface area contributed by atoms with Crippen LogP contribution in [0.15, 0.2) is 18.3 Å². The molecule has 1 aromatic rings. The highest BCUT2D eigenvalue weighted by molar-refractivity contribution is 5.95. The Hall–Kier alpha value is -1.62. The minimum Gasteiger partial charge on any atom is -0.481 e. The van der Waals surface area contributed by atoms with Gasteiger partial charge in [-0.25, -0.2) is 4.98 Å². The summed E-state index contributed by atoms with van der Waals surface area (Å²) in [5.41, 5.74) is 0.879. The molecule has 2 fully saturated rings. The smallest absolute Gasteiger partial charge is 0.232 e. The number of amides is 1. The summed E-state index contributed by atoms with van der Waals surface area (Å²) >= 11 is 0. The standard InChI is InChI=1S/C14H19N3O2/c1-19-13-5-4-12(8-16-13)17(9-10-2-3-10)14(18)11-6-15-7-11/h4-5,8,10-11,15H,2-3,6-7,9H2,1H3. The van der Waals surface area contributed by atoms with Gasteiger partial charge in [0.15, 0.2) is 0 Å².